The van der Waals surface area contributed by atoms with Crippen molar-refractivity contribution in [3.05, 3.63) is 101 Å². The highest BCUT2D eigenvalue weighted by Crippen LogP contribution is 2.23. The number of amides is 1. The number of benzene rings is 3. The number of nitrogens with zero attached hydrogens (tertiary/aromatic N) is 1. The van der Waals surface area contributed by atoms with Gasteiger partial charge in [-0.05, 0) is 60.6 Å². The summed E-state index contributed by atoms with van der Waals surface area (Å²) in [6.45, 7) is 0.387. The molecule has 37 heavy (non-hydrogen) atoms. The van der Waals surface area contributed by atoms with Crippen LogP contribution < -0.4 is 14.9 Å². The van der Waals surface area contributed by atoms with Crippen LogP contribution >= 0.6 is 0 Å². The number of hydrogen-bond acceptors (Lipinski definition) is 5. The lowest BCUT2D eigenvalue weighted by molar-refractivity contribution is 0.0830. The van der Waals surface area contributed by atoms with E-state index in [1.54, 1.807) is 18.2 Å². The van der Waals surface area contributed by atoms with E-state index in [-0.39, 0.29) is 5.91 Å². The molecule has 1 saturated carbocycles. The summed E-state index contributed by atoms with van der Waals surface area (Å²) < 4.78 is 25.7. The van der Waals surface area contributed by atoms with E-state index < -0.39 is 22.2 Å². The van der Waals surface area contributed by atoms with Gasteiger partial charge in [-0.3, -0.25) is 9.10 Å². The number of carbonyl (C=O) groups excluding carboxylic acids is 1. The zero-order valence-electron chi connectivity index (χ0n) is 21.3. The molecule has 0 spiro atoms. The molecule has 4 rings (SSSR count). The molecule has 1 amide bonds. The molecule has 2 atom stereocenters. The first-order chi connectivity index (χ1) is 17.7. The Morgan fingerprint density at radius 2 is 1.59 bits per heavy atom. The molecule has 0 unspecified atom stereocenters. The quantitative estimate of drug-likeness (QED) is 0.340. The van der Waals surface area contributed by atoms with Crippen LogP contribution in [0.15, 0.2) is 78.9 Å². The first-order valence-electron chi connectivity index (χ1n) is 12.6. The van der Waals surface area contributed by atoms with Crippen molar-refractivity contribution in [2.75, 3.05) is 24.2 Å². The molecule has 0 radical (unpaired) electrons. The van der Waals surface area contributed by atoms with E-state index in [1.165, 1.54) is 11.4 Å². The van der Waals surface area contributed by atoms with Gasteiger partial charge in [-0.15, -0.1) is 0 Å². The smallest absolute Gasteiger partial charge is 0.251 e. The number of anilines is 1. The molecule has 8 heteroatoms. The highest BCUT2D eigenvalue weighted by molar-refractivity contribution is 7.92. The summed E-state index contributed by atoms with van der Waals surface area (Å²) >= 11 is 0. The minimum absolute atomic E-state index is 0.347. The first kappa shape index (κ1) is 26.9. The van der Waals surface area contributed by atoms with Gasteiger partial charge in [0.05, 0.1) is 24.1 Å². The molecule has 0 heterocycles. The van der Waals surface area contributed by atoms with Crippen molar-refractivity contribution in [2.45, 2.75) is 43.9 Å². The van der Waals surface area contributed by atoms with Crippen molar-refractivity contribution in [3.8, 4) is 0 Å². The summed E-state index contributed by atoms with van der Waals surface area (Å²) in [6.07, 6.45) is 3.58. The summed E-state index contributed by atoms with van der Waals surface area (Å²) in [7, 11) is -2.05. The van der Waals surface area contributed by atoms with Gasteiger partial charge in [0.15, 0.2) is 0 Å². The second-order valence-corrected chi connectivity index (χ2v) is 11.8. The predicted octanol–water partition coefficient (Wildman–Crippen LogP) is 3.13. The van der Waals surface area contributed by atoms with Crippen molar-refractivity contribution >= 4 is 21.6 Å². The monoisotopic (exact) mass is 521 g/mol. The standard InChI is InChI=1S/C29H35N3O4S/c1-32(37(2,35)36)26-17-23(15-21-9-5-3-6-10-21)16-24(19-26)29(34)31-27(18-22-11-7-4-8-12-22)28(33)20-30-25-13-14-25/h3-12,16-17,19,25,27-28,30,33H,13-15,18,20H2,1-2H3,(H,31,34)/t27-,28+/m0/s1. The highest BCUT2D eigenvalue weighted by atomic mass is 32.2. The number of hydrogen-bond donors (Lipinski definition) is 3. The Morgan fingerprint density at radius 3 is 2.19 bits per heavy atom. The van der Waals surface area contributed by atoms with Gasteiger partial charge in [-0.25, -0.2) is 8.42 Å². The lowest BCUT2D eigenvalue weighted by Gasteiger charge is -2.25. The third kappa shape index (κ3) is 7.89. The van der Waals surface area contributed by atoms with E-state index in [0.717, 1.165) is 35.8 Å². The lowest BCUT2D eigenvalue weighted by atomic mass is 9.99. The van der Waals surface area contributed by atoms with E-state index >= 15 is 0 Å². The van der Waals surface area contributed by atoms with Crippen LogP contribution in [0, 0.1) is 0 Å². The van der Waals surface area contributed by atoms with E-state index in [9.17, 15) is 18.3 Å². The zero-order chi connectivity index (χ0) is 26.4. The Labute approximate surface area is 219 Å². The molecule has 3 aromatic rings. The molecule has 0 bridgehead atoms. The number of sulfonamides is 1. The summed E-state index contributed by atoms with van der Waals surface area (Å²) in [5.74, 6) is -0.357. The number of aliphatic hydroxyl groups is 1. The number of nitrogens with one attached hydrogen (secondary N) is 2. The molecule has 1 fully saturated rings. The van der Waals surface area contributed by atoms with Crippen LogP contribution in [-0.2, 0) is 22.9 Å². The predicted molar refractivity (Wildman–Crippen MR) is 147 cm³/mol. The molecule has 196 valence electrons. The van der Waals surface area contributed by atoms with Crippen molar-refractivity contribution in [1.82, 2.24) is 10.6 Å². The van der Waals surface area contributed by atoms with Crippen molar-refractivity contribution in [3.63, 3.8) is 0 Å². The van der Waals surface area contributed by atoms with Crippen LogP contribution in [0.2, 0.25) is 0 Å². The van der Waals surface area contributed by atoms with E-state index in [2.05, 4.69) is 10.6 Å². The van der Waals surface area contributed by atoms with Crippen LogP contribution in [0.3, 0.4) is 0 Å². The van der Waals surface area contributed by atoms with Gasteiger partial charge < -0.3 is 15.7 Å². The molecular weight excluding hydrogens is 486 g/mol. The van der Waals surface area contributed by atoms with Crippen LogP contribution in [0.25, 0.3) is 0 Å². The van der Waals surface area contributed by atoms with Gasteiger partial charge in [0.25, 0.3) is 5.91 Å². The Balaban J connectivity index is 1.60. The van der Waals surface area contributed by atoms with Crippen LogP contribution in [-0.4, -0.2) is 57.5 Å². The summed E-state index contributed by atoms with van der Waals surface area (Å²) in [6, 6.07) is 24.6. The average Bonchev–Trinajstić information content (AvgIpc) is 3.71. The van der Waals surface area contributed by atoms with Crippen molar-refractivity contribution < 1.29 is 18.3 Å². The summed E-state index contributed by atoms with van der Waals surface area (Å²) in [5.41, 5.74) is 3.64. The van der Waals surface area contributed by atoms with Gasteiger partial charge in [0.2, 0.25) is 10.0 Å². The maximum absolute atomic E-state index is 13.5. The third-order valence-corrected chi connectivity index (χ3v) is 7.83. The summed E-state index contributed by atoms with van der Waals surface area (Å²) in [4.78, 5) is 13.5. The maximum Gasteiger partial charge on any atom is 0.251 e. The molecule has 0 aliphatic heterocycles. The SMILES string of the molecule is CN(c1cc(Cc2ccccc2)cc(C(=O)N[C@@H](Cc2ccccc2)[C@H](O)CNC2CC2)c1)S(C)(=O)=O. The van der Waals surface area contributed by atoms with Gasteiger partial charge >= 0.3 is 0 Å². The maximum atomic E-state index is 13.5. The third-order valence-electron chi connectivity index (χ3n) is 6.62. The number of aliphatic hydroxyl groups excluding tert-OH is 1. The van der Waals surface area contributed by atoms with Crippen LogP contribution in [0.5, 0.6) is 0 Å². The zero-order valence-corrected chi connectivity index (χ0v) is 22.1. The fourth-order valence-corrected chi connectivity index (χ4v) is 4.72. The summed E-state index contributed by atoms with van der Waals surface area (Å²) in [5, 5.41) is 17.3. The van der Waals surface area contributed by atoms with Gasteiger partial charge in [0.1, 0.15) is 0 Å². The fourth-order valence-electron chi connectivity index (χ4n) is 4.23. The van der Waals surface area contributed by atoms with Gasteiger partial charge in [-0.1, -0.05) is 60.7 Å². The second kappa shape index (κ2) is 11.9. The topological polar surface area (TPSA) is 98.7 Å². The first-order valence-corrected chi connectivity index (χ1v) is 14.4. The highest BCUT2D eigenvalue weighted by Gasteiger charge is 2.27. The van der Waals surface area contributed by atoms with E-state index in [1.807, 2.05) is 60.7 Å². The Kier molecular flexibility index (Phi) is 8.63. The molecule has 1 aliphatic carbocycles. The molecule has 0 aromatic heterocycles. The van der Waals surface area contributed by atoms with Gasteiger partial charge in [-0.2, -0.15) is 0 Å². The fraction of sp³-hybridized carbons (Fsp3) is 0.345. The van der Waals surface area contributed by atoms with Crippen LogP contribution in [0.4, 0.5) is 5.69 Å². The van der Waals surface area contributed by atoms with Crippen molar-refractivity contribution in [1.29, 1.82) is 0 Å². The van der Waals surface area contributed by atoms with Gasteiger partial charge in [0, 0.05) is 25.2 Å². The second-order valence-electron chi connectivity index (χ2n) is 9.80. The minimum atomic E-state index is -3.52. The Morgan fingerprint density at radius 1 is 0.973 bits per heavy atom. The molecule has 0 saturated heterocycles. The Bertz CT molecular complexity index is 1300. The Hall–Kier alpha value is -3.20. The normalized spacial score (nSPS) is 15.1. The van der Waals surface area contributed by atoms with E-state index in [0.29, 0.717) is 36.7 Å². The average molecular weight is 522 g/mol. The molecule has 3 aromatic carbocycles. The van der Waals surface area contributed by atoms with Crippen LogP contribution in [0.1, 0.15) is 39.9 Å². The minimum Gasteiger partial charge on any atom is -0.390 e. The lowest BCUT2D eigenvalue weighted by Crippen LogP contribution is -2.49. The molecule has 1 aliphatic rings. The molecule has 7 nitrogen and oxygen atoms in total. The number of rotatable bonds is 12. The largest absolute Gasteiger partial charge is 0.390 e. The number of carbonyl (C=O) groups is 1. The molecule has 3 N–H and O–H groups in total. The molecular formula is C29H35N3O4S. The van der Waals surface area contributed by atoms with E-state index in [4.69, 9.17) is 0 Å². The van der Waals surface area contributed by atoms with Crippen molar-refractivity contribution in [2.24, 2.45) is 0 Å².